The van der Waals surface area contributed by atoms with Gasteiger partial charge in [0.2, 0.25) is 0 Å². The van der Waals surface area contributed by atoms with Gasteiger partial charge >= 0.3 is 0 Å². The molecule has 1 atom stereocenters. The highest BCUT2D eigenvalue weighted by Crippen LogP contribution is 2.21. The maximum absolute atomic E-state index is 12.2. The number of amides is 1. The lowest BCUT2D eigenvalue weighted by atomic mass is 10.0. The Hall–Kier alpha value is -1.97. The van der Waals surface area contributed by atoms with Crippen LogP contribution in [0.2, 0.25) is 0 Å². The summed E-state index contributed by atoms with van der Waals surface area (Å²) in [7, 11) is 0. The molecule has 4 heteroatoms. The number of aryl methyl sites for hydroxylation is 1. The monoisotopic (exact) mass is 300 g/mol. The average molecular weight is 300 g/mol. The van der Waals surface area contributed by atoms with Gasteiger partial charge in [0, 0.05) is 24.8 Å². The van der Waals surface area contributed by atoms with Gasteiger partial charge < -0.3 is 15.0 Å². The zero-order chi connectivity index (χ0) is 15.4. The Labute approximate surface area is 132 Å². The molecule has 2 aliphatic rings. The van der Waals surface area contributed by atoms with Crippen LogP contribution in [0.25, 0.3) is 0 Å². The zero-order valence-electron chi connectivity index (χ0n) is 13.2. The number of ether oxygens (including phenoxy) is 1. The molecular weight excluding hydrogens is 276 g/mol. The molecular formula is C18H24N2O2. The fraction of sp³-hybridized carbons (Fsp3) is 0.500. The lowest BCUT2D eigenvalue weighted by molar-refractivity contribution is -0.122. The maximum atomic E-state index is 12.2. The van der Waals surface area contributed by atoms with Crippen LogP contribution in [0.3, 0.4) is 0 Å². The van der Waals surface area contributed by atoms with Crippen molar-refractivity contribution in [2.24, 2.45) is 0 Å². The Morgan fingerprint density at radius 1 is 1.27 bits per heavy atom. The summed E-state index contributed by atoms with van der Waals surface area (Å²) in [6, 6.07) is 8.78. The molecule has 1 aromatic carbocycles. The molecule has 3 rings (SSSR count). The predicted octanol–water partition coefficient (Wildman–Crippen LogP) is 2.77. The molecule has 4 nitrogen and oxygen atoms in total. The van der Waals surface area contributed by atoms with Gasteiger partial charge in [-0.2, -0.15) is 0 Å². The summed E-state index contributed by atoms with van der Waals surface area (Å²) in [4.78, 5) is 14.6. The Balaban J connectivity index is 1.59. The molecule has 2 heterocycles. The molecule has 1 fully saturated rings. The van der Waals surface area contributed by atoms with E-state index < -0.39 is 0 Å². The number of anilines is 1. The second-order valence-corrected chi connectivity index (χ2v) is 6.15. The number of allylic oxidation sites excluding steroid dienone is 1. The molecule has 0 saturated carbocycles. The van der Waals surface area contributed by atoms with E-state index in [1.165, 1.54) is 11.3 Å². The lowest BCUT2D eigenvalue weighted by Crippen LogP contribution is -2.48. The largest absolute Gasteiger partial charge is 0.488 e. The van der Waals surface area contributed by atoms with E-state index >= 15 is 0 Å². The van der Waals surface area contributed by atoms with Crippen molar-refractivity contribution in [2.75, 3.05) is 24.6 Å². The van der Waals surface area contributed by atoms with Crippen LogP contribution in [0.4, 0.5) is 5.69 Å². The Morgan fingerprint density at radius 3 is 2.82 bits per heavy atom. The highest BCUT2D eigenvalue weighted by molar-refractivity contribution is 5.91. The van der Waals surface area contributed by atoms with Crippen molar-refractivity contribution < 1.29 is 9.53 Å². The minimum atomic E-state index is -0.0598. The molecule has 1 saturated heterocycles. The smallest absolute Gasteiger partial charge is 0.286 e. The summed E-state index contributed by atoms with van der Waals surface area (Å²) >= 11 is 0. The standard InChI is InChI=1S/C18H24N2O2/c1-14-7-9-16(10-8-14)20-11-4-5-15(13-20)19-18(21)17-6-2-3-12-22-17/h6-10,15H,2-5,11-13H2,1H3,(H,19,21)/t15-/m0/s1. The van der Waals surface area contributed by atoms with Crippen molar-refractivity contribution in [3.05, 3.63) is 41.7 Å². The molecule has 0 bridgehead atoms. The van der Waals surface area contributed by atoms with E-state index in [1.54, 1.807) is 0 Å². The van der Waals surface area contributed by atoms with Gasteiger partial charge in [0.1, 0.15) is 0 Å². The van der Waals surface area contributed by atoms with Gasteiger partial charge in [-0.05, 0) is 50.8 Å². The molecule has 118 valence electrons. The lowest BCUT2D eigenvalue weighted by Gasteiger charge is -2.35. The van der Waals surface area contributed by atoms with Gasteiger partial charge in [0.05, 0.1) is 6.61 Å². The van der Waals surface area contributed by atoms with Gasteiger partial charge in [-0.3, -0.25) is 4.79 Å². The topological polar surface area (TPSA) is 41.6 Å². The van der Waals surface area contributed by atoms with Crippen molar-refractivity contribution in [3.8, 4) is 0 Å². The highest BCUT2D eigenvalue weighted by Gasteiger charge is 2.23. The average Bonchev–Trinajstić information content (AvgIpc) is 2.56. The molecule has 1 aromatic rings. The molecule has 22 heavy (non-hydrogen) atoms. The summed E-state index contributed by atoms with van der Waals surface area (Å²) in [5.74, 6) is 0.439. The third kappa shape index (κ3) is 3.62. The van der Waals surface area contributed by atoms with E-state index in [4.69, 9.17) is 4.74 Å². The molecule has 0 aliphatic carbocycles. The van der Waals surface area contributed by atoms with E-state index in [0.717, 1.165) is 38.8 Å². The van der Waals surface area contributed by atoms with Crippen LogP contribution < -0.4 is 10.2 Å². The highest BCUT2D eigenvalue weighted by atomic mass is 16.5. The fourth-order valence-electron chi connectivity index (χ4n) is 3.06. The predicted molar refractivity (Wildman–Crippen MR) is 87.8 cm³/mol. The molecule has 0 unspecified atom stereocenters. The molecule has 1 amide bonds. The molecule has 1 N–H and O–H groups in total. The van der Waals surface area contributed by atoms with Gasteiger partial charge in [0.25, 0.3) is 5.91 Å². The van der Waals surface area contributed by atoms with Gasteiger partial charge in [-0.1, -0.05) is 17.7 Å². The first-order chi connectivity index (χ1) is 10.7. The van der Waals surface area contributed by atoms with Crippen LogP contribution in [0.15, 0.2) is 36.1 Å². The fourth-order valence-corrected chi connectivity index (χ4v) is 3.06. The van der Waals surface area contributed by atoms with Crippen molar-refractivity contribution in [3.63, 3.8) is 0 Å². The first-order valence-corrected chi connectivity index (χ1v) is 8.18. The summed E-state index contributed by atoms with van der Waals surface area (Å²) in [6.45, 7) is 4.66. The minimum Gasteiger partial charge on any atom is -0.488 e. The second-order valence-electron chi connectivity index (χ2n) is 6.15. The molecule has 2 aliphatic heterocycles. The quantitative estimate of drug-likeness (QED) is 0.933. The summed E-state index contributed by atoms with van der Waals surface area (Å²) in [5.41, 5.74) is 2.50. The number of piperidine rings is 1. The number of rotatable bonds is 3. The third-order valence-corrected chi connectivity index (χ3v) is 4.32. The maximum Gasteiger partial charge on any atom is 0.286 e. The van der Waals surface area contributed by atoms with Crippen LogP contribution >= 0.6 is 0 Å². The number of nitrogens with zero attached hydrogens (tertiary/aromatic N) is 1. The molecule has 0 radical (unpaired) electrons. The Bertz CT molecular complexity index is 551. The van der Waals surface area contributed by atoms with Gasteiger partial charge in [-0.25, -0.2) is 0 Å². The van der Waals surface area contributed by atoms with Crippen LogP contribution in [0.1, 0.15) is 31.2 Å². The van der Waals surface area contributed by atoms with Gasteiger partial charge in [-0.15, -0.1) is 0 Å². The van der Waals surface area contributed by atoms with E-state index in [-0.39, 0.29) is 11.9 Å². The van der Waals surface area contributed by atoms with Crippen molar-refractivity contribution >= 4 is 11.6 Å². The van der Waals surface area contributed by atoms with E-state index in [0.29, 0.717) is 12.4 Å². The number of benzene rings is 1. The zero-order valence-corrected chi connectivity index (χ0v) is 13.2. The molecule has 0 aromatic heterocycles. The van der Waals surface area contributed by atoms with Crippen LogP contribution in [-0.4, -0.2) is 31.6 Å². The van der Waals surface area contributed by atoms with Crippen molar-refractivity contribution in [1.82, 2.24) is 5.32 Å². The second kappa shape index (κ2) is 6.86. The van der Waals surface area contributed by atoms with Crippen LogP contribution in [0, 0.1) is 6.92 Å². The normalized spacial score (nSPS) is 21.8. The first-order valence-electron chi connectivity index (χ1n) is 8.18. The number of carbonyl (C=O) groups is 1. The van der Waals surface area contributed by atoms with Crippen LogP contribution in [0.5, 0.6) is 0 Å². The number of carbonyl (C=O) groups excluding carboxylic acids is 1. The number of nitrogens with one attached hydrogen (secondary N) is 1. The van der Waals surface area contributed by atoms with Crippen molar-refractivity contribution in [2.45, 2.75) is 38.6 Å². The van der Waals surface area contributed by atoms with Crippen molar-refractivity contribution in [1.29, 1.82) is 0 Å². The summed E-state index contributed by atoms with van der Waals surface area (Å²) in [5, 5.41) is 3.13. The van der Waals surface area contributed by atoms with E-state index in [1.807, 2.05) is 6.08 Å². The number of hydrogen-bond donors (Lipinski definition) is 1. The minimum absolute atomic E-state index is 0.0598. The Morgan fingerprint density at radius 2 is 2.09 bits per heavy atom. The van der Waals surface area contributed by atoms with E-state index in [9.17, 15) is 4.79 Å². The SMILES string of the molecule is Cc1ccc(N2CCC[C@H](NC(=O)C3=CCCCO3)C2)cc1. The van der Waals surface area contributed by atoms with Gasteiger partial charge in [0.15, 0.2) is 5.76 Å². The van der Waals surface area contributed by atoms with Crippen LogP contribution in [-0.2, 0) is 9.53 Å². The summed E-state index contributed by atoms with van der Waals surface area (Å²) in [6.07, 6.45) is 5.96. The number of hydrogen-bond acceptors (Lipinski definition) is 3. The molecule has 0 spiro atoms. The first kappa shape index (κ1) is 14.9. The Kier molecular flexibility index (Phi) is 4.66. The summed E-state index contributed by atoms with van der Waals surface area (Å²) < 4.78 is 5.44. The third-order valence-electron chi connectivity index (χ3n) is 4.32. The van der Waals surface area contributed by atoms with E-state index in [2.05, 4.69) is 41.4 Å².